The molecule has 0 aliphatic carbocycles. The van der Waals surface area contributed by atoms with E-state index in [0.29, 0.717) is 18.0 Å². The molecule has 0 amide bonds. The molecular weight excluding hydrogens is 418 g/mol. The number of hydrogen-bond acceptors (Lipinski definition) is 4. The summed E-state index contributed by atoms with van der Waals surface area (Å²) in [4.78, 5) is 5.08. The minimum absolute atomic E-state index is 0.411. The highest BCUT2D eigenvalue weighted by Crippen LogP contribution is 2.29. The Morgan fingerprint density at radius 2 is 1.33 bits per heavy atom. The molecule has 0 atom stereocenters. The molecule has 164 valence electrons. The van der Waals surface area contributed by atoms with Crippen molar-refractivity contribution in [2.75, 3.05) is 44.2 Å². The summed E-state index contributed by atoms with van der Waals surface area (Å²) in [5.74, 6) is 0. The van der Waals surface area contributed by atoms with Gasteiger partial charge >= 0.3 is 0 Å². The average Bonchev–Trinajstić information content (AvgIpc) is 2.72. The zero-order valence-electron chi connectivity index (χ0n) is 18.5. The number of rotatable bonds is 6. The molecule has 0 saturated carbocycles. The van der Waals surface area contributed by atoms with Crippen molar-refractivity contribution in [2.24, 2.45) is 0 Å². The van der Waals surface area contributed by atoms with Gasteiger partial charge in [0.1, 0.15) is 0 Å². The van der Waals surface area contributed by atoms with Gasteiger partial charge in [-0.3, -0.25) is 4.90 Å². The Labute approximate surface area is 186 Å². The van der Waals surface area contributed by atoms with E-state index in [1.807, 2.05) is 52.0 Å². The predicted molar refractivity (Wildman–Crippen MR) is 125 cm³/mol. The van der Waals surface area contributed by atoms with Gasteiger partial charge in [-0.15, -0.1) is 0 Å². The third-order valence-corrected chi connectivity index (χ3v) is 8.47. The summed E-state index contributed by atoms with van der Waals surface area (Å²) in [5.41, 5.74) is 6.14. The second kappa shape index (κ2) is 9.27. The first kappa shape index (κ1) is 23.1. The molecule has 0 spiro atoms. The Kier molecular flexibility index (Phi) is 7.13. The fourth-order valence-corrected chi connectivity index (χ4v) is 5.90. The second-order valence-electron chi connectivity index (χ2n) is 8.16. The van der Waals surface area contributed by atoms with Crippen LogP contribution in [-0.4, -0.2) is 52.6 Å². The van der Waals surface area contributed by atoms with Crippen molar-refractivity contribution in [1.29, 1.82) is 0 Å². The SMILES string of the molecule is Cc1c(C)c(C)c(S(=O)(=O)NCCN2CCN(c3ccc(Cl)cc3)CC2)c(C)c1C. The molecule has 1 heterocycles. The molecule has 1 aliphatic rings. The van der Waals surface area contributed by atoms with Crippen LogP contribution in [0.1, 0.15) is 27.8 Å². The largest absolute Gasteiger partial charge is 0.369 e. The van der Waals surface area contributed by atoms with E-state index >= 15 is 0 Å². The smallest absolute Gasteiger partial charge is 0.241 e. The van der Waals surface area contributed by atoms with Crippen LogP contribution in [0.3, 0.4) is 0 Å². The second-order valence-corrected chi connectivity index (χ2v) is 10.3. The van der Waals surface area contributed by atoms with Gasteiger partial charge < -0.3 is 4.90 Å². The summed E-state index contributed by atoms with van der Waals surface area (Å²) in [5, 5.41) is 0.745. The van der Waals surface area contributed by atoms with Crippen LogP contribution < -0.4 is 9.62 Å². The fourth-order valence-electron chi connectivity index (χ4n) is 4.16. The molecule has 5 nitrogen and oxygen atoms in total. The van der Waals surface area contributed by atoms with Gasteiger partial charge in [-0.2, -0.15) is 0 Å². The van der Waals surface area contributed by atoms with Crippen LogP contribution in [0.5, 0.6) is 0 Å². The molecule has 3 rings (SSSR count). The van der Waals surface area contributed by atoms with Crippen LogP contribution in [0.2, 0.25) is 5.02 Å². The van der Waals surface area contributed by atoms with Crippen LogP contribution in [0.25, 0.3) is 0 Å². The fraction of sp³-hybridized carbons (Fsp3) is 0.478. The molecule has 2 aromatic rings. The van der Waals surface area contributed by atoms with Crippen molar-refractivity contribution in [1.82, 2.24) is 9.62 Å². The van der Waals surface area contributed by atoms with Crippen molar-refractivity contribution < 1.29 is 8.42 Å². The molecule has 0 aromatic heterocycles. The topological polar surface area (TPSA) is 52.7 Å². The van der Waals surface area contributed by atoms with Crippen LogP contribution >= 0.6 is 11.6 Å². The lowest BCUT2D eigenvalue weighted by atomic mass is 9.95. The standard InChI is InChI=1S/C23H32ClN3O2S/c1-16-17(2)19(4)23(20(5)18(16)3)30(28,29)25-10-11-26-12-14-27(15-13-26)22-8-6-21(24)7-9-22/h6-9,25H,10-15H2,1-5H3. The Morgan fingerprint density at radius 3 is 1.87 bits per heavy atom. The van der Waals surface area contributed by atoms with Crippen LogP contribution in [0, 0.1) is 34.6 Å². The molecule has 0 unspecified atom stereocenters. The highest BCUT2D eigenvalue weighted by Gasteiger charge is 2.24. The number of halogens is 1. The van der Waals surface area contributed by atoms with Crippen LogP contribution in [0.15, 0.2) is 29.2 Å². The summed E-state index contributed by atoms with van der Waals surface area (Å²) in [6, 6.07) is 7.91. The quantitative estimate of drug-likeness (QED) is 0.724. The van der Waals surface area contributed by atoms with Gasteiger partial charge in [-0.25, -0.2) is 13.1 Å². The number of anilines is 1. The van der Waals surface area contributed by atoms with Gasteiger partial charge in [0.2, 0.25) is 10.0 Å². The summed E-state index contributed by atoms with van der Waals surface area (Å²) in [6.45, 7) is 14.6. The Hall–Kier alpha value is -1.60. The molecule has 1 saturated heterocycles. The van der Waals surface area contributed by atoms with Crippen molar-refractivity contribution >= 4 is 27.3 Å². The molecule has 2 aromatic carbocycles. The molecule has 1 N–H and O–H groups in total. The minimum Gasteiger partial charge on any atom is -0.369 e. The lowest BCUT2D eigenvalue weighted by molar-refractivity contribution is 0.262. The van der Waals surface area contributed by atoms with Crippen LogP contribution in [-0.2, 0) is 10.0 Å². The predicted octanol–water partition coefficient (Wildman–Crippen LogP) is 3.98. The van der Waals surface area contributed by atoms with Crippen molar-refractivity contribution in [3.63, 3.8) is 0 Å². The molecule has 30 heavy (non-hydrogen) atoms. The summed E-state index contributed by atoms with van der Waals surface area (Å²) in [6.07, 6.45) is 0. The van der Waals surface area contributed by atoms with Gasteiger partial charge in [-0.05, 0) is 86.7 Å². The van der Waals surface area contributed by atoms with Crippen molar-refractivity contribution in [3.8, 4) is 0 Å². The molecule has 1 aliphatic heterocycles. The van der Waals surface area contributed by atoms with Gasteiger partial charge in [0, 0.05) is 50.0 Å². The number of hydrogen-bond donors (Lipinski definition) is 1. The maximum absolute atomic E-state index is 13.0. The first-order chi connectivity index (χ1) is 14.1. The average molecular weight is 450 g/mol. The van der Waals surface area contributed by atoms with Crippen molar-refractivity contribution in [3.05, 3.63) is 57.1 Å². The molecular formula is C23H32ClN3O2S. The van der Waals surface area contributed by atoms with E-state index in [2.05, 4.69) is 21.4 Å². The highest BCUT2D eigenvalue weighted by atomic mass is 35.5. The Balaban J connectivity index is 1.58. The van der Waals surface area contributed by atoms with Gasteiger partial charge in [-0.1, -0.05) is 11.6 Å². The molecule has 7 heteroatoms. The number of sulfonamides is 1. The number of nitrogens with zero attached hydrogens (tertiary/aromatic N) is 2. The zero-order valence-corrected chi connectivity index (χ0v) is 20.1. The Bertz CT molecular complexity index is 983. The van der Waals surface area contributed by atoms with E-state index in [-0.39, 0.29) is 0 Å². The summed E-state index contributed by atoms with van der Waals surface area (Å²) < 4.78 is 28.9. The molecule has 0 bridgehead atoms. The van der Waals surface area contributed by atoms with E-state index < -0.39 is 10.0 Å². The Morgan fingerprint density at radius 1 is 0.833 bits per heavy atom. The van der Waals surface area contributed by atoms with E-state index in [1.54, 1.807) is 0 Å². The lowest BCUT2D eigenvalue weighted by Gasteiger charge is -2.36. The minimum atomic E-state index is -3.54. The normalized spacial score (nSPS) is 15.6. The maximum Gasteiger partial charge on any atom is 0.241 e. The monoisotopic (exact) mass is 449 g/mol. The van der Waals surface area contributed by atoms with Crippen LogP contribution in [0.4, 0.5) is 5.69 Å². The summed E-state index contributed by atoms with van der Waals surface area (Å²) in [7, 11) is -3.54. The van der Waals surface area contributed by atoms with E-state index in [0.717, 1.165) is 53.5 Å². The first-order valence-corrected chi connectivity index (χ1v) is 12.3. The third kappa shape index (κ3) is 4.83. The highest BCUT2D eigenvalue weighted by molar-refractivity contribution is 7.89. The van der Waals surface area contributed by atoms with E-state index in [4.69, 9.17) is 11.6 Å². The number of piperazine rings is 1. The zero-order chi connectivity index (χ0) is 22.1. The van der Waals surface area contributed by atoms with Gasteiger partial charge in [0.05, 0.1) is 4.90 Å². The van der Waals surface area contributed by atoms with E-state index in [1.165, 1.54) is 11.3 Å². The van der Waals surface area contributed by atoms with E-state index in [9.17, 15) is 8.42 Å². The van der Waals surface area contributed by atoms with Crippen molar-refractivity contribution in [2.45, 2.75) is 39.5 Å². The lowest BCUT2D eigenvalue weighted by Crippen LogP contribution is -2.48. The molecule has 0 radical (unpaired) electrons. The van der Waals surface area contributed by atoms with Gasteiger partial charge in [0.25, 0.3) is 0 Å². The number of nitrogens with one attached hydrogen (secondary N) is 1. The van der Waals surface area contributed by atoms with Gasteiger partial charge in [0.15, 0.2) is 0 Å². The number of benzene rings is 2. The summed E-state index contributed by atoms with van der Waals surface area (Å²) >= 11 is 5.97. The molecule has 1 fully saturated rings. The maximum atomic E-state index is 13.0. The third-order valence-electron chi connectivity index (χ3n) is 6.48. The first-order valence-electron chi connectivity index (χ1n) is 10.4.